The number of rotatable bonds is 7. The van der Waals surface area contributed by atoms with Crippen molar-refractivity contribution in [3.63, 3.8) is 0 Å². The number of likely N-dealkylation sites (N-methyl/N-ethyl adjacent to an activating group) is 1. The van der Waals surface area contributed by atoms with Crippen molar-refractivity contribution in [1.29, 1.82) is 0 Å². The second kappa shape index (κ2) is 9.19. The zero-order valence-corrected chi connectivity index (χ0v) is 17.4. The molecule has 1 amide bonds. The number of aromatic nitrogens is 3. The molecule has 0 aromatic carbocycles. The summed E-state index contributed by atoms with van der Waals surface area (Å²) >= 11 is 0. The smallest absolute Gasteiger partial charge is 0.255 e. The molecule has 0 spiro atoms. The molecule has 0 N–H and O–H groups in total. The number of nitrogens with zero attached hydrogens (tertiary/aromatic N) is 5. The van der Waals surface area contributed by atoms with Gasteiger partial charge < -0.3 is 23.8 Å². The Morgan fingerprint density at radius 2 is 2.00 bits per heavy atom. The van der Waals surface area contributed by atoms with Crippen LogP contribution in [0.5, 0.6) is 0 Å². The van der Waals surface area contributed by atoms with Crippen molar-refractivity contribution in [1.82, 2.24) is 24.3 Å². The number of carbonyl (C=O) groups excluding carboxylic acids is 1. The van der Waals surface area contributed by atoms with Crippen molar-refractivity contribution < 1.29 is 14.3 Å². The van der Waals surface area contributed by atoms with Crippen molar-refractivity contribution in [3.05, 3.63) is 24.2 Å². The lowest BCUT2D eigenvalue weighted by Crippen LogP contribution is -2.41. The predicted molar refractivity (Wildman–Crippen MR) is 110 cm³/mol. The predicted octanol–water partition coefficient (Wildman–Crippen LogP) is 1.97. The number of fused-ring (bicyclic) bond motifs is 1. The standard InChI is InChI=1S/C21H31N5O3/c1-24(2)7-8-25(14-18-4-3-9-29-18)21(27)16-12-19-20(22-13-16)26(15-23-19)17-5-10-28-11-6-17/h12-13,15,17-18H,3-11,14H2,1-2H3. The highest BCUT2D eigenvalue weighted by Gasteiger charge is 2.25. The van der Waals surface area contributed by atoms with Crippen LogP contribution in [0.2, 0.25) is 0 Å². The molecule has 158 valence electrons. The first-order valence-corrected chi connectivity index (χ1v) is 10.6. The summed E-state index contributed by atoms with van der Waals surface area (Å²) in [5.41, 5.74) is 2.20. The Morgan fingerprint density at radius 1 is 1.17 bits per heavy atom. The molecular formula is C21H31N5O3. The van der Waals surface area contributed by atoms with Crippen molar-refractivity contribution in [2.45, 2.75) is 37.8 Å². The van der Waals surface area contributed by atoms with E-state index in [9.17, 15) is 4.79 Å². The number of amides is 1. The number of pyridine rings is 1. The van der Waals surface area contributed by atoms with E-state index in [-0.39, 0.29) is 12.0 Å². The Labute approximate surface area is 171 Å². The third kappa shape index (κ3) is 4.76. The largest absolute Gasteiger partial charge is 0.381 e. The van der Waals surface area contributed by atoms with Gasteiger partial charge in [-0.1, -0.05) is 0 Å². The van der Waals surface area contributed by atoms with Gasteiger partial charge in [-0.25, -0.2) is 9.97 Å². The summed E-state index contributed by atoms with van der Waals surface area (Å²) in [6.45, 7) is 4.43. The number of imidazole rings is 1. The zero-order chi connectivity index (χ0) is 20.2. The maximum atomic E-state index is 13.3. The summed E-state index contributed by atoms with van der Waals surface area (Å²) in [7, 11) is 4.04. The molecule has 29 heavy (non-hydrogen) atoms. The molecule has 0 aliphatic carbocycles. The number of ether oxygens (including phenoxy) is 2. The van der Waals surface area contributed by atoms with Crippen LogP contribution in [0.1, 0.15) is 42.1 Å². The fourth-order valence-electron chi connectivity index (χ4n) is 4.08. The molecule has 1 unspecified atom stereocenters. The van der Waals surface area contributed by atoms with Gasteiger partial charge in [-0.2, -0.15) is 0 Å². The lowest BCUT2D eigenvalue weighted by molar-refractivity contribution is 0.0512. The Kier molecular flexibility index (Phi) is 6.42. The minimum atomic E-state index is -0.00244. The van der Waals surface area contributed by atoms with Crippen molar-refractivity contribution >= 4 is 17.1 Å². The first kappa shape index (κ1) is 20.3. The van der Waals surface area contributed by atoms with E-state index in [1.165, 1.54) is 0 Å². The van der Waals surface area contributed by atoms with Gasteiger partial charge in [0.2, 0.25) is 0 Å². The highest BCUT2D eigenvalue weighted by molar-refractivity contribution is 5.96. The molecule has 2 fully saturated rings. The Balaban J connectivity index is 1.53. The number of hydrogen-bond donors (Lipinski definition) is 0. The van der Waals surface area contributed by atoms with Crippen LogP contribution in [-0.4, -0.2) is 89.9 Å². The molecule has 1 atom stereocenters. The van der Waals surface area contributed by atoms with E-state index >= 15 is 0 Å². The van der Waals surface area contributed by atoms with E-state index in [4.69, 9.17) is 9.47 Å². The second-order valence-electron chi connectivity index (χ2n) is 8.25. The molecule has 8 nitrogen and oxygen atoms in total. The van der Waals surface area contributed by atoms with Gasteiger partial charge in [0.05, 0.1) is 18.0 Å². The number of carbonyl (C=O) groups is 1. The van der Waals surface area contributed by atoms with Crippen molar-refractivity contribution in [2.24, 2.45) is 0 Å². The fraction of sp³-hybridized carbons (Fsp3) is 0.667. The van der Waals surface area contributed by atoms with Gasteiger partial charge in [0.25, 0.3) is 5.91 Å². The Bertz CT molecular complexity index is 825. The molecule has 2 aromatic rings. The average Bonchev–Trinajstić information content (AvgIpc) is 3.40. The van der Waals surface area contributed by atoms with Crippen LogP contribution < -0.4 is 0 Å². The third-order valence-electron chi connectivity index (χ3n) is 5.80. The van der Waals surface area contributed by atoms with Gasteiger partial charge in [0.1, 0.15) is 5.52 Å². The Morgan fingerprint density at radius 3 is 2.72 bits per heavy atom. The van der Waals surface area contributed by atoms with E-state index in [0.29, 0.717) is 24.7 Å². The molecule has 4 heterocycles. The molecular weight excluding hydrogens is 370 g/mol. The summed E-state index contributed by atoms with van der Waals surface area (Å²) in [6, 6.07) is 2.23. The summed E-state index contributed by atoms with van der Waals surface area (Å²) in [5.74, 6) is -0.00244. The molecule has 8 heteroatoms. The quantitative estimate of drug-likeness (QED) is 0.706. The summed E-state index contributed by atoms with van der Waals surface area (Å²) in [5, 5.41) is 0. The average molecular weight is 402 g/mol. The van der Waals surface area contributed by atoms with Crippen LogP contribution in [-0.2, 0) is 9.47 Å². The summed E-state index contributed by atoms with van der Waals surface area (Å²) < 4.78 is 13.4. The van der Waals surface area contributed by atoms with E-state index in [0.717, 1.165) is 63.2 Å². The van der Waals surface area contributed by atoms with Crippen LogP contribution in [0.15, 0.2) is 18.6 Å². The van der Waals surface area contributed by atoms with Gasteiger partial charge in [0, 0.05) is 51.7 Å². The Hall–Kier alpha value is -2.03. The van der Waals surface area contributed by atoms with E-state index in [2.05, 4.69) is 19.4 Å². The van der Waals surface area contributed by atoms with E-state index in [1.54, 1.807) is 6.20 Å². The van der Waals surface area contributed by atoms with Gasteiger partial charge in [-0.05, 0) is 45.8 Å². The van der Waals surface area contributed by atoms with Gasteiger partial charge in [-0.3, -0.25) is 4.79 Å². The van der Waals surface area contributed by atoms with Gasteiger partial charge >= 0.3 is 0 Å². The van der Waals surface area contributed by atoms with Crippen LogP contribution in [0.4, 0.5) is 0 Å². The summed E-state index contributed by atoms with van der Waals surface area (Å²) in [4.78, 5) is 26.4. The highest BCUT2D eigenvalue weighted by Crippen LogP contribution is 2.25. The van der Waals surface area contributed by atoms with Gasteiger partial charge in [0.15, 0.2) is 5.65 Å². The molecule has 2 aliphatic heterocycles. The van der Waals surface area contributed by atoms with E-state index < -0.39 is 0 Å². The highest BCUT2D eigenvalue weighted by atomic mass is 16.5. The molecule has 4 rings (SSSR count). The van der Waals surface area contributed by atoms with E-state index in [1.807, 2.05) is 31.4 Å². The van der Waals surface area contributed by atoms with Crippen molar-refractivity contribution in [3.8, 4) is 0 Å². The third-order valence-corrected chi connectivity index (χ3v) is 5.80. The lowest BCUT2D eigenvalue weighted by Gasteiger charge is -2.27. The first-order chi connectivity index (χ1) is 14.1. The van der Waals surface area contributed by atoms with Crippen LogP contribution in [0.3, 0.4) is 0 Å². The SMILES string of the molecule is CN(C)CCN(CC1CCCO1)C(=O)c1cnc2c(c1)ncn2C1CCOCC1. The van der Waals surface area contributed by atoms with Crippen LogP contribution in [0.25, 0.3) is 11.2 Å². The fourth-order valence-corrected chi connectivity index (χ4v) is 4.08. The normalized spacial score (nSPS) is 20.6. The topological polar surface area (TPSA) is 72.7 Å². The lowest BCUT2D eigenvalue weighted by atomic mass is 10.1. The van der Waals surface area contributed by atoms with Crippen LogP contribution in [0, 0.1) is 0 Å². The van der Waals surface area contributed by atoms with Gasteiger partial charge in [-0.15, -0.1) is 0 Å². The molecule has 0 bridgehead atoms. The second-order valence-corrected chi connectivity index (χ2v) is 8.25. The van der Waals surface area contributed by atoms with Crippen LogP contribution >= 0.6 is 0 Å². The zero-order valence-electron chi connectivity index (χ0n) is 17.4. The van der Waals surface area contributed by atoms with Crippen molar-refractivity contribution in [2.75, 3.05) is 53.6 Å². The summed E-state index contributed by atoms with van der Waals surface area (Å²) in [6.07, 6.45) is 7.68. The molecule has 2 aliphatic rings. The monoisotopic (exact) mass is 401 g/mol. The minimum absolute atomic E-state index is 0.00244. The number of hydrogen-bond acceptors (Lipinski definition) is 6. The molecule has 2 saturated heterocycles. The maximum Gasteiger partial charge on any atom is 0.255 e. The molecule has 2 aromatic heterocycles. The minimum Gasteiger partial charge on any atom is -0.381 e. The molecule has 0 radical (unpaired) electrons. The maximum absolute atomic E-state index is 13.3. The molecule has 0 saturated carbocycles. The first-order valence-electron chi connectivity index (χ1n) is 10.6.